The average Bonchev–Trinajstić information content (AvgIpc) is 3.16. The molecule has 2 aromatic rings. The molecule has 1 amide bonds. The fourth-order valence-electron chi connectivity index (χ4n) is 5.52. The van der Waals surface area contributed by atoms with E-state index in [9.17, 15) is 4.79 Å². The van der Waals surface area contributed by atoms with Gasteiger partial charge in [-0.3, -0.25) is 9.78 Å². The van der Waals surface area contributed by atoms with E-state index in [0.717, 1.165) is 56.8 Å². The lowest BCUT2D eigenvalue weighted by Gasteiger charge is -2.41. The molecule has 1 saturated heterocycles. The number of amides is 1. The van der Waals surface area contributed by atoms with E-state index in [4.69, 9.17) is 4.74 Å². The predicted molar refractivity (Wildman–Crippen MR) is 127 cm³/mol. The second-order valence-electron chi connectivity index (χ2n) is 9.58. The second kappa shape index (κ2) is 8.15. The van der Waals surface area contributed by atoms with E-state index in [0.29, 0.717) is 12.6 Å². The van der Waals surface area contributed by atoms with E-state index in [-0.39, 0.29) is 12.1 Å². The fourth-order valence-corrected chi connectivity index (χ4v) is 5.52. The molecule has 4 aliphatic rings. The topological polar surface area (TPSA) is 60.9 Å². The number of benzene rings is 1. The van der Waals surface area contributed by atoms with Gasteiger partial charge < -0.3 is 19.5 Å². The monoisotopic (exact) mass is 445 g/mol. The number of nitrogens with zero attached hydrogens (tertiary/aromatic N) is 4. The number of aromatic nitrogens is 1. The summed E-state index contributed by atoms with van der Waals surface area (Å²) in [6, 6.07) is 11.4. The Bertz CT molecular complexity index is 1110. The van der Waals surface area contributed by atoms with Crippen molar-refractivity contribution in [1.29, 1.82) is 0 Å². The van der Waals surface area contributed by atoms with Gasteiger partial charge in [0.25, 0.3) is 0 Å². The number of rotatable bonds is 3. The Morgan fingerprint density at radius 2 is 1.97 bits per heavy atom. The summed E-state index contributed by atoms with van der Waals surface area (Å²) in [6.07, 6.45) is 5.14. The van der Waals surface area contributed by atoms with Crippen LogP contribution in [0.5, 0.6) is 0 Å². The number of ether oxygens (including phenoxy) is 1. The number of pyridine rings is 1. The van der Waals surface area contributed by atoms with E-state index < -0.39 is 0 Å². The first-order valence-corrected chi connectivity index (χ1v) is 12.0. The molecule has 6 rings (SSSR count). The molecular formula is C26H31N5O2. The lowest BCUT2D eigenvalue weighted by atomic mass is 9.95. The number of carbonyl (C=O) groups is 1. The van der Waals surface area contributed by atoms with Gasteiger partial charge in [-0.15, -0.1) is 0 Å². The van der Waals surface area contributed by atoms with Crippen LogP contribution in [0.4, 0.5) is 5.69 Å². The Balaban J connectivity index is 1.33. The van der Waals surface area contributed by atoms with Crippen LogP contribution in [0.25, 0.3) is 11.1 Å². The van der Waals surface area contributed by atoms with Gasteiger partial charge in [-0.2, -0.15) is 0 Å². The van der Waals surface area contributed by atoms with Crippen LogP contribution in [0.3, 0.4) is 0 Å². The molecule has 4 aliphatic heterocycles. The molecule has 1 aromatic carbocycles. The number of fused-ring (bicyclic) bond motifs is 1. The molecule has 0 radical (unpaired) electrons. The van der Waals surface area contributed by atoms with Crippen LogP contribution >= 0.6 is 0 Å². The zero-order chi connectivity index (χ0) is 22.5. The third-order valence-electron chi connectivity index (χ3n) is 7.45. The molecule has 0 spiro atoms. The summed E-state index contributed by atoms with van der Waals surface area (Å²) in [5.41, 5.74) is 12.6. The van der Waals surface area contributed by atoms with Crippen molar-refractivity contribution < 1.29 is 9.53 Å². The van der Waals surface area contributed by atoms with E-state index in [1.165, 1.54) is 28.1 Å². The summed E-state index contributed by atoms with van der Waals surface area (Å²) >= 11 is 0. The van der Waals surface area contributed by atoms with E-state index in [2.05, 4.69) is 50.7 Å². The number of anilines is 1. The Morgan fingerprint density at radius 1 is 1.12 bits per heavy atom. The number of hydrazine groups is 1. The first-order chi connectivity index (χ1) is 16.1. The maximum Gasteiger partial charge on any atom is 0.219 e. The third kappa shape index (κ3) is 3.60. The molecule has 172 valence electrons. The molecule has 0 aliphatic carbocycles. The Morgan fingerprint density at radius 3 is 2.70 bits per heavy atom. The molecule has 1 atom stereocenters. The van der Waals surface area contributed by atoms with Crippen LogP contribution in [0.1, 0.15) is 31.0 Å². The molecular weight excluding hydrogens is 414 g/mol. The minimum Gasteiger partial charge on any atom is -0.377 e. The Kier molecular flexibility index (Phi) is 5.11. The van der Waals surface area contributed by atoms with Crippen molar-refractivity contribution in [2.24, 2.45) is 0 Å². The van der Waals surface area contributed by atoms with Crippen molar-refractivity contribution in [2.75, 3.05) is 37.7 Å². The average molecular weight is 446 g/mol. The van der Waals surface area contributed by atoms with Gasteiger partial charge in [-0.05, 0) is 49.1 Å². The maximum absolute atomic E-state index is 12.2. The van der Waals surface area contributed by atoms with Crippen molar-refractivity contribution in [3.63, 3.8) is 0 Å². The zero-order valence-electron chi connectivity index (χ0n) is 19.4. The summed E-state index contributed by atoms with van der Waals surface area (Å²) < 4.78 is 5.50. The third-order valence-corrected chi connectivity index (χ3v) is 7.45. The highest BCUT2D eigenvalue weighted by Gasteiger charge is 2.43. The molecule has 1 N–H and O–H groups in total. The fraction of sp³-hybridized carbons (Fsp3) is 0.462. The predicted octanol–water partition coefficient (Wildman–Crippen LogP) is 2.86. The van der Waals surface area contributed by atoms with Crippen LogP contribution in [-0.4, -0.2) is 65.9 Å². The standard InChI is InChI=1S/C26H31N5O2/c1-17-5-6-21(13-27-17)19-7-8-24-20(12-19)4-3-10-30(24)26-23-14-29(18(2)32)11-9-25(23)31(28-26)22-15-33-16-22/h5-8,12-13,22,26,28H,3-4,9-11,14-16H2,1-2H3. The van der Waals surface area contributed by atoms with Gasteiger partial charge in [-0.25, -0.2) is 5.43 Å². The lowest BCUT2D eigenvalue weighted by Crippen LogP contribution is -2.57. The molecule has 7 heteroatoms. The smallest absolute Gasteiger partial charge is 0.219 e. The van der Waals surface area contributed by atoms with Crippen LogP contribution in [0.15, 0.2) is 47.8 Å². The van der Waals surface area contributed by atoms with E-state index >= 15 is 0 Å². The van der Waals surface area contributed by atoms with Crippen LogP contribution in [-0.2, 0) is 16.0 Å². The van der Waals surface area contributed by atoms with Crippen LogP contribution in [0, 0.1) is 6.92 Å². The molecule has 0 bridgehead atoms. The van der Waals surface area contributed by atoms with Crippen molar-refractivity contribution in [2.45, 2.75) is 45.3 Å². The zero-order valence-corrected chi connectivity index (χ0v) is 19.4. The first-order valence-electron chi connectivity index (χ1n) is 12.0. The molecule has 1 fully saturated rings. The van der Waals surface area contributed by atoms with E-state index in [1.54, 1.807) is 6.92 Å². The van der Waals surface area contributed by atoms with Gasteiger partial charge in [0.15, 0.2) is 0 Å². The number of nitrogens with one attached hydrogen (secondary N) is 1. The van der Waals surface area contributed by atoms with Crippen LogP contribution < -0.4 is 10.3 Å². The highest BCUT2D eigenvalue weighted by atomic mass is 16.5. The van der Waals surface area contributed by atoms with Gasteiger partial charge >= 0.3 is 0 Å². The number of carbonyl (C=O) groups excluding carboxylic acids is 1. The van der Waals surface area contributed by atoms with Gasteiger partial charge in [0, 0.05) is 67.4 Å². The van der Waals surface area contributed by atoms with Gasteiger partial charge in [0.05, 0.1) is 19.3 Å². The quantitative estimate of drug-likeness (QED) is 0.784. The lowest BCUT2D eigenvalue weighted by molar-refractivity contribution is -0.128. The van der Waals surface area contributed by atoms with Crippen molar-refractivity contribution >= 4 is 11.6 Å². The second-order valence-corrected chi connectivity index (χ2v) is 9.58. The highest BCUT2D eigenvalue weighted by Crippen LogP contribution is 2.38. The largest absolute Gasteiger partial charge is 0.377 e. The molecule has 1 aromatic heterocycles. The van der Waals surface area contributed by atoms with Crippen molar-refractivity contribution in [1.82, 2.24) is 20.3 Å². The SMILES string of the molecule is CC(=O)N1CCC2=C(C1)C(N1CCCc3cc(-c4ccc(C)nc4)ccc31)NN2C1COC1. The number of aryl methyl sites for hydroxylation is 2. The number of hydrogen-bond donors (Lipinski definition) is 1. The first kappa shape index (κ1) is 20.7. The van der Waals surface area contributed by atoms with Crippen molar-refractivity contribution in [3.8, 4) is 11.1 Å². The molecule has 7 nitrogen and oxygen atoms in total. The minimum atomic E-state index is 0.0775. The minimum absolute atomic E-state index is 0.0775. The normalized spacial score (nSPS) is 22.8. The van der Waals surface area contributed by atoms with Gasteiger partial charge in [0.1, 0.15) is 6.17 Å². The molecule has 0 saturated carbocycles. The molecule has 1 unspecified atom stereocenters. The highest BCUT2D eigenvalue weighted by molar-refractivity contribution is 5.74. The summed E-state index contributed by atoms with van der Waals surface area (Å²) in [5.74, 6) is 0.154. The Hall–Kier alpha value is -2.90. The summed E-state index contributed by atoms with van der Waals surface area (Å²) in [7, 11) is 0. The van der Waals surface area contributed by atoms with Gasteiger partial charge in [-0.1, -0.05) is 12.1 Å². The summed E-state index contributed by atoms with van der Waals surface area (Å²) in [4.78, 5) is 21.1. The molecule has 5 heterocycles. The number of hydrogen-bond acceptors (Lipinski definition) is 6. The Labute approximate surface area is 195 Å². The summed E-state index contributed by atoms with van der Waals surface area (Å²) in [5, 5.41) is 2.35. The van der Waals surface area contributed by atoms with Crippen LogP contribution in [0.2, 0.25) is 0 Å². The maximum atomic E-state index is 12.2. The molecule has 33 heavy (non-hydrogen) atoms. The van der Waals surface area contributed by atoms with E-state index in [1.807, 2.05) is 18.0 Å². The van der Waals surface area contributed by atoms with Gasteiger partial charge in [0.2, 0.25) is 5.91 Å². The summed E-state index contributed by atoms with van der Waals surface area (Å²) in [6.45, 7) is 7.71. The van der Waals surface area contributed by atoms with Crippen molar-refractivity contribution in [3.05, 3.63) is 59.1 Å².